The number of allylic oxidation sites excluding steroid dienone is 2. The van der Waals surface area contributed by atoms with Crippen LogP contribution >= 0.6 is 0 Å². The van der Waals surface area contributed by atoms with Gasteiger partial charge < -0.3 is 14.6 Å². The lowest BCUT2D eigenvalue weighted by atomic mass is 9.52. The summed E-state index contributed by atoms with van der Waals surface area (Å²) in [6.45, 7) is 10.4. The van der Waals surface area contributed by atoms with Crippen molar-refractivity contribution in [2.75, 3.05) is 6.61 Å². The van der Waals surface area contributed by atoms with E-state index in [9.17, 15) is 9.90 Å². The Labute approximate surface area is 175 Å². The number of hydrogen-bond acceptors (Lipinski definition) is 4. The Bertz CT molecular complexity index is 759. The highest BCUT2D eigenvalue weighted by Crippen LogP contribution is 2.58. The fraction of sp³-hybridized carbons (Fsp3) is 0.720. The van der Waals surface area contributed by atoms with E-state index in [2.05, 4.69) is 39.8 Å². The zero-order valence-electron chi connectivity index (χ0n) is 18.4. The Balaban J connectivity index is 1.41. The Morgan fingerprint density at radius 2 is 2.00 bits per heavy atom. The van der Waals surface area contributed by atoms with Gasteiger partial charge in [-0.1, -0.05) is 51.8 Å². The second-order valence-electron chi connectivity index (χ2n) is 10.5. The zero-order chi connectivity index (χ0) is 20.8. The maximum absolute atomic E-state index is 11.3. The summed E-state index contributed by atoms with van der Waals surface area (Å²) in [5.41, 5.74) is 4.30. The molecule has 0 saturated heterocycles. The molecule has 2 aliphatic carbocycles. The van der Waals surface area contributed by atoms with Crippen LogP contribution in [0.15, 0.2) is 34.9 Å². The molecule has 0 amide bonds. The maximum Gasteiger partial charge on any atom is 0.333 e. The van der Waals surface area contributed by atoms with Gasteiger partial charge in [0.1, 0.15) is 0 Å². The van der Waals surface area contributed by atoms with Crippen LogP contribution in [-0.2, 0) is 14.3 Å². The first-order valence-electron chi connectivity index (χ1n) is 11.3. The Kier molecular flexibility index (Phi) is 5.54. The number of hydrogen-bond donors (Lipinski definition) is 1. The summed E-state index contributed by atoms with van der Waals surface area (Å²) in [7, 11) is 0. The number of carbonyl (C=O) groups is 1. The highest BCUT2D eigenvalue weighted by molar-refractivity contribution is 5.85. The molecule has 1 fully saturated rings. The van der Waals surface area contributed by atoms with E-state index in [1.165, 1.54) is 43.8 Å². The topological polar surface area (TPSA) is 55.8 Å². The second kappa shape index (κ2) is 7.70. The molecule has 1 saturated carbocycles. The minimum absolute atomic E-state index is 0.252. The van der Waals surface area contributed by atoms with Crippen molar-refractivity contribution in [3.05, 3.63) is 34.9 Å². The monoisotopic (exact) mass is 400 g/mol. The van der Waals surface area contributed by atoms with Crippen molar-refractivity contribution >= 4 is 5.97 Å². The van der Waals surface area contributed by atoms with Crippen molar-refractivity contribution in [3.63, 3.8) is 0 Å². The first-order chi connectivity index (χ1) is 13.7. The number of aliphatic hydroxyl groups is 1. The zero-order valence-corrected chi connectivity index (χ0v) is 18.4. The molecule has 29 heavy (non-hydrogen) atoms. The predicted molar refractivity (Wildman–Crippen MR) is 113 cm³/mol. The van der Waals surface area contributed by atoms with E-state index in [1.807, 2.05) is 0 Å². The van der Waals surface area contributed by atoms with E-state index in [4.69, 9.17) is 9.47 Å². The summed E-state index contributed by atoms with van der Waals surface area (Å²) in [5.74, 6) is 0.920. The third-order valence-corrected chi connectivity index (χ3v) is 8.31. The van der Waals surface area contributed by atoms with Crippen molar-refractivity contribution < 1.29 is 19.4 Å². The van der Waals surface area contributed by atoms with Crippen LogP contribution in [0.2, 0.25) is 0 Å². The standard InChI is InChI=1S/C25H36O4/c1-16-7-9-19-20(6-5-12-24(19,2)3)25(16,4)13-11-17-8-10-21(28-15-17)18-14-22(26)29-23(18)27/h8-9,14,16,20-21,23,27H,5-7,10-13,15H2,1-4H3/t16-,20-,21+,23?,25-/m0/s1. The van der Waals surface area contributed by atoms with Gasteiger partial charge in [-0.05, 0) is 66.8 Å². The van der Waals surface area contributed by atoms with E-state index < -0.39 is 12.3 Å². The molecule has 0 aromatic rings. The number of ether oxygens (including phenoxy) is 2. The maximum atomic E-state index is 11.3. The predicted octanol–water partition coefficient (Wildman–Crippen LogP) is 5.08. The lowest BCUT2D eigenvalue weighted by Gasteiger charge is -2.53. The Morgan fingerprint density at radius 3 is 2.66 bits per heavy atom. The number of carbonyl (C=O) groups excluding carboxylic acids is 1. The molecule has 2 aliphatic heterocycles. The molecule has 0 spiro atoms. The van der Waals surface area contributed by atoms with E-state index >= 15 is 0 Å². The van der Waals surface area contributed by atoms with Gasteiger partial charge in [0.2, 0.25) is 6.29 Å². The van der Waals surface area contributed by atoms with E-state index in [0.717, 1.165) is 6.42 Å². The minimum Gasteiger partial charge on any atom is -0.429 e. The van der Waals surface area contributed by atoms with Gasteiger partial charge in [-0.15, -0.1) is 0 Å². The summed E-state index contributed by atoms with van der Waals surface area (Å²) in [4.78, 5) is 11.3. The SMILES string of the molecule is C[C@H]1CC=C2[C@H](CCCC2(C)C)[C@@]1(C)CCC1=CC[C@H](C2=CC(=O)OC2O)OC1. The highest BCUT2D eigenvalue weighted by atomic mass is 16.6. The van der Waals surface area contributed by atoms with Gasteiger partial charge in [0.25, 0.3) is 0 Å². The molecule has 160 valence electrons. The van der Waals surface area contributed by atoms with E-state index in [-0.39, 0.29) is 6.10 Å². The van der Waals surface area contributed by atoms with Crippen molar-refractivity contribution in [1.82, 2.24) is 0 Å². The molecule has 4 aliphatic rings. The molecule has 2 heterocycles. The number of rotatable bonds is 4. The molecule has 0 bridgehead atoms. The van der Waals surface area contributed by atoms with Crippen LogP contribution in [-0.4, -0.2) is 30.1 Å². The average Bonchev–Trinajstić information content (AvgIpc) is 3.02. The number of aliphatic hydroxyl groups excluding tert-OH is 1. The van der Waals surface area contributed by atoms with Crippen LogP contribution in [0.25, 0.3) is 0 Å². The summed E-state index contributed by atoms with van der Waals surface area (Å²) >= 11 is 0. The van der Waals surface area contributed by atoms with Gasteiger partial charge in [-0.3, -0.25) is 0 Å². The van der Waals surface area contributed by atoms with E-state index in [1.54, 1.807) is 5.57 Å². The van der Waals surface area contributed by atoms with Crippen LogP contribution in [0.3, 0.4) is 0 Å². The third kappa shape index (κ3) is 3.86. The molecule has 4 rings (SSSR count). The second-order valence-corrected chi connectivity index (χ2v) is 10.5. The summed E-state index contributed by atoms with van der Waals surface area (Å²) in [5, 5.41) is 9.85. The van der Waals surface area contributed by atoms with Gasteiger partial charge in [-0.25, -0.2) is 4.79 Å². The normalized spacial score (nSPS) is 39.2. The fourth-order valence-corrected chi connectivity index (χ4v) is 6.08. The molecule has 0 radical (unpaired) electrons. The molecule has 0 aromatic carbocycles. The quantitative estimate of drug-likeness (QED) is 0.528. The van der Waals surface area contributed by atoms with Crippen molar-refractivity contribution in [3.8, 4) is 0 Å². The fourth-order valence-electron chi connectivity index (χ4n) is 6.08. The molecule has 1 unspecified atom stereocenters. The van der Waals surface area contributed by atoms with Gasteiger partial charge in [0.15, 0.2) is 0 Å². The third-order valence-electron chi connectivity index (χ3n) is 8.31. The summed E-state index contributed by atoms with van der Waals surface area (Å²) in [6, 6.07) is 0. The first kappa shape index (κ1) is 20.9. The number of cyclic esters (lactones) is 1. The molecular weight excluding hydrogens is 364 g/mol. The first-order valence-corrected chi connectivity index (χ1v) is 11.3. The molecule has 4 nitrogen and oxygen atoms in total. The smallest absolute Gasteiger partial charge is 0.333 e. The van der Waals surface area contributed by atoms with Crippen molar-refractivity contribution in [2.45, 2.75) is 85.0 Å². The lowest BCUT2D eigenvalue weighted by molar-refractivity contribution is -0.152. The van der Waals surface area contributed by atoms with E-state index in [0.29, 0.717) is 41.3 Å². The molecular formula is C25H36O4. The van der Waals surface area contributed by atoms with Gasteiger partial charge in [0, 0.05) is 11.6 Å². The van der Waals surface area contributed by atoms with Crippen molar-refractivity contribution in [1.29, 1.82) is 0 Å². The molecule has 5 atom stereocenters. The molecule has 1 N–H and O–H groups in total. The molecule has 0 aromatic heterocycles. The Morgan fingerprint density at radius 1 is 1.21 bits per heavy atom. The largest absolute Gasteiger partial charge is 0.429 e. The highest BCUT2D eigenvalue weighted by Gasteiger charge is 2.47. The molecule has 4 heteroatoms. The van der Waals surface area contributed by atoms with Crippen LogP contribution in [0, 0.1) is 22.7 Å². The van der Waals surface area contributed by atoms with Crippen LogP contribution in [0.4, 0.5) is 0 Å². The van der Waals surface area contributed by atoms with Gasteiger partial charge in [-0.2, -0.15) is 0 Å². The van der Waals surface area contributed by atoms with Gasteiger partial charge in [0.05, 0.1) is 12.7 Å². The number of fused-ring (bicyclic) bond motifs is 1. The summed E-state index contributed by atoms with van der Waals surface area (Å²) < 4.78 is 10.8. The van der Waals surface area contributed by atoms with Gasteiger partial charge >= 0.3 is 5.97 Å². The number of esters is 1. The van der Waals surface area contributed by atoms with Crippen LogP contribution in [0.5, 0.6) is 0 Å². The van der Waals surface area contributed by atoms with Crippen molar-refractivity contribution in [2.24, 2.45) is 22.7 Å². The lowest BCUT2D eigenvalue weighted by Crippen LogP contribution is -2.43. The van der Waals surface area contributed by atoms with Crippen LogP contribution < -0.4 is 0 Å². The average molecular weight is 401 g/mol. The Hall–Kier alpha value is -1.39. The summed E-state index contributed by atoms with van der Waals surface area (Å²) in [6.07, 6.45) is 12.9. The minimum atomic E-state index is -1.15. The van der Waals surface area contributed by atoms with Crippen LogP contribution in [0.1, 0.15) is 72.6 Å².